The minimum absolute atomic E-state index is 0.122. The lowest BCUT2D eigenvalue weighted by Gasteiger charge is -2.12. The zero-order chi connectivity index (χ0) is 18.7. The fourth-order valence-corrected chi connectivity index (χ4v) is 4.69. The van der Waals surface area contributed by atoms with Gasteiger partial charge >= 0.3 is 5.97 Å². The van der Waals surface area contributed by atoms with Gasteiger partial charge in [0.1, 0.15) is 11.5 Å². The van der Waals surface area contributed by atoms with E-state index >= 15 is 0 Å². The maximum Gasteiger partial charge on any atom is 0.341 e. The van der Waals surface area contributed by atoms with E-state index in [-0.39, 0.29) is 24.6 Å². The van der Waals surface area contributed by atoms with Gasteiger partial charge in [-0.05, 0) is 60.2 Å². The maximum absolute atomic E-state index is 12.5. The summed E-state index contributed by atoms with van der Waals surface area (Å²) in [5.74, 6) is -0.754. The van der Waals surface area contributed by atoms with Crippen molar-refractivity contribution in [3.63, 3.8) is 0 Å². The molecule has 138 valence electrons. The van der Waals surface area contributed by atoms with Crippen LogP contribution in [0.4, 0.5) is 5.00 Å². The number of rotatable bonds is 5. The van der Waals surface area contributed by atoms with Crippen LogP contribution < -0.4 is 10.9 Å². The van der Waals surface area contributed by atoms with Crippen molar-refractivity contribution < 1.29 is 14.3 Å². The number of pyridine rings is 1. The summed E-state index contributed by atoms with van der Waals surface area (Å²) in [5, 5.41) is 3.32. The van der Waals surface area contributed by atoms with Crippen LogP contribution in [-0.4, -0.2) is 23.1 Å². The van der Waals surface area contributed by atoms with Crippen molar-refractivity contribution >= 4 is 44.1 Å². The normalized spacial score (nSPS) is 13.2. The van der Waals surface area contributed by atoms with Gasteiger partial charge in [0.2, 0.25) is 5.91 Å². The molecule has 0 saturated heterocycles. The molecule has 0 aromatic carbocycles. The lowest BCUT2D eigenvalue weighted by molar-refractivity contribution is -0.116. The molecule has 0 atom stereocenters. The van der Waals surface area contributed by atoms with Crippen molar-refractivity contribution in [2.75, 3.05) is 11.9 Å². The zero-order valence-electron chi connectivity index (χ0n) is 14.3. The number of fused-ring (bicyclic) bond motifs is 1. The number of aromatic nitrogens is 1. The number of aryl methyl sites for hydroxylation is 1. The summed E-state index contributed by atoms with van der Waals surface area (Å²) >= 11 is 4.72. The van der Waals surface area contributed by atoms with Gasteiger partial charge in [-0.2, -0.15) is 0 Å². The van der Waals surface area contributed by atoms with Gasteiger partial charge in [0.15, 0.2) is 0 Å². The Kier molecular flexibility index (Phi) is 5.93. The van der Waals surface area contributed by atoms with E-state index in [1.54, 1.807) is 19.2 Å². The van der Waals surface area contributed by atoms with Gasteiger partial charge in [-0.25, -0.2) is 4.79 Å². The first-order chi connectivity index (χ1) is 12.5. The first-order valence-corrected chi connectivity index (χ1v) is 10.1. The number of carbonyl (C=O) groups excluding carboxylic acids is 2. The number of ether oxygens (including phenoxy) is 1. The number of hydrogen-bond acceptors (Lipinski definition) is 5. The molecule has 0 saturated carbocycles. The van der Waals surface area contributed by atoms with Crippen molar-refractivity contribution in [1.29, 1.82) is 0 Å². The predicted octanol–water partition coefficient (Wildman–Crippen LogP) is 3.37. The Balaban J connectivity index is 1.85. The molecule has 0 aliphatic heterocycles. The predicted molar refractivity (Wildman–Crippen MR) is 104 cm³/mol. The average molecular weight is 439 g/mol. The molecule has 26 heavy (non-hydrogen) atoms. The minimum Gasteiger partial charge on any atom is -0.462 e. The number of anilines is 1. The van der Waals surface area contributed by atoms with Crippen LogP contribution in [0.25, 0.3) is 0 Å². The van der Waals surface area contributed by atoms with Gasteiger partial charge in [0.25, 0.3) is 5.56 Å². The van der Waals surface area contributed by atoms with Crippen LogP contribution in [0.2, 0.25) is 0 Å². The van der Waals surface area contributed by atoms with Crippen LogP contribution in [0.1, 0.15) is 40.6 Å². The summed E-state index contributed by atoms with van der Waals surface area (Å²) in [5.41, 5.74) is 1.20. The van der Waals surface area contributed by atoms with Gasteiger partial charge in [-0.1, -0.05) is 0 Å². The summed E-state index contributed by atoms with van der Waals surface area (Å²) in [7, 11) is 0. The molecule has 1 amide bonds. The summed E-state index contributed by atoms with van der Waals surface area (Å²) in [6.45, 7) is 1.92. The molecule has 2 aromatic rings. The molecule has 1 N–H and O–H groups in total. The average Bonchev–Trinajstić information content (AvgIpc) is 2.96. The lowest BCUT2D eigenvalue weighted by atomic mass is 9.95. The maximum atomic E-state index is 12.5. The van der Waals surface area contributed by atoms with Crippen molar-refractivity contribution in [2.45, 2.75) is 39.2 Å². The Morgan fingerprint density at radius 1 is 1.31 bits per heavy atom. The van der Waals surface area contributed by atoms with E-state index in [9.17, 15) is 14.4 Å². The monoisotopic (exact) mass is 438 g/mol. The van der Waals surface area contributed by atoms with Crippen LogP contribution >= 0.6 is 27.3 Å². The topological polar surface area (TPSA) is 77.4 Å². The number of amides is 1. The molecule has 2 aromatic heterocycles. The van der Waals surface area contributed by atoms with Crippen molar-refractivity contribution in [3.05, 3.63) is 49.2 Å². The van der Waals surface area contributed by atoms with Crippen LogP contribution in [0.5, 0.6) is 0 Å². The van der Waals surface area contributed by atoms with Crippen molar-refractivity contribution in [1.82, 2.24) is 4.57 Å². The highest BCUT2D eigenvalue weighted by Crippen LogP contribution is 2.38. The molecule has 0 unspecified atom stereocenters. The lowest BCUT2D eigenvalue weighted by Crippen LogP contribution is -2.27. The third kappa shape index (κ3) is 4.07. The largest absolute Gasteiger partial charge is 0.462 e. The molecular weight excluding hydrogens is 420 g/mol. The molecular formula is C18H19BrN2O4S. The van der Waals surface area contributed by atoms with Crippen LogP contribution in [-0.2, 0) is 28.9 Å². The van der Waals surface area contributed by atoms with E-state index in [1.165, 1.54) is 22.0 Å². The van der Waals surface area contributed by atoms with Crippen LogP contribution in [0.15, 0.2) is 27.6 Å². The van der Waals surface area contributed by atoms with Gasteiger partial charge < -0.3 is 14.6 Å². The first-order valence-electron chi connectivity index (χ1n) is 8.47. The zero-order valence-corrected chi connectivity index (χ0v) is 16.7. The molecule has 2 heterocycles. The molecule has 6 nitrogen and oxygen atoms in total. The number of hydrogen-bond donors (Lipinski definition) is 1. The van der Waals surface area contributed by atoms with Gasteiger partial charge in [0.05, 0.1) is 12.2 Å². The second-order valence-electron chi connectivity index (χ2n) is 6.00. The Morgan fingerprint density at radius 3 is 2.85 bits per heavy atom. The standard InChI is InChI=1S/C18H19BrN2O4S/c1-2-25-18(24)16-12-5-3-4-6-13(12)26-17(16)20-14(22)10-21-9-11(19)7-8-15(21)23/h7-9H,2-6,10H2,1H3,(H,20,22). The Hall–Kier alpha value is -1.93. The van der Waals surface area contributed by atoms with E-state index in [0.29, 0.717) is 15.0 Å². The second kappa shape index (κ2) is 8.18. The van der Waals surface area contributed by atoms with Crippen molar-refractivity contribution in [3.8, 4) is 0 Å². The van der Waals surface area contributed by atoms with Gasteiger partial charge in [0, 0.05) is 21.6 Å². The van der Waals surface area contributed by atoms with E-state index in [4.69, 9.17) is 4.74 Å². The van der Waals surface area contributed by atoms with E-state index < -0.39 is 5.97 Å². The molecule has 0 bridgehead atoms. The number of nitrogens with zero attached hydrogens (tertiary/aromatic N) is 1. The molecule has 0 fully saturated rings. The summed E-state index contributed by atoms with van der Waals surface area (Å²) in [4.78, 5) is 37.9. The first kappa shape index (κ1) is 18.8. The number of esters is 1. The third-order valence-electron chi connectivity index (χ3n) is 4.17. The number of carbonyl (C=O) groups is 2. The van der Waals surface area contributed by atoms with Gasteiger partial charge in [-0.15, -0.1) is 11.3 Å². The highest BCUT2D eigenvalue weighted by Gasteiger charge is 2.27. The summed E-state index contributed by atoms with van der Waals surface area (Å²) < 4.78 is 7.21. The molecule has 3 rings (SSSR count). The summed E-state index contributed by atoms with van der Waals surface area (Å²) in [6, 6.07) is 3.02. The highest BCUT2D eigenvalue weighted by molar-refractivity contribution is 9.10. The third-order valence-corrected chi connectivity index (χ3v) is 5.84. The van der Waals surface area contributed by atoms with Gasteiger partial charge in [-0.3, -0.25) is 9.59 Å². The van der Waals surface area contributed by atoms with E-state index in [0.717, 1.165) is 36.1 Å². The van der Waals surface area contributed by atoms with Crippen molar-refractivity contribution in [2.24, 2.45) is 0 Å². The Labute approximate surface area is 163 Å². The van der Waals surface area contributed by atoms with Crippen LogP contribution in [0.3, 0.4) is 0 Å². The SMILES string of the molecule is CCOC(=O)c1c(NC(=O)Cn2cc(Br)ccc2=O)sc2c1CCCC2. The molecule has 1 aliphatic carbocycles. The highest BCUT2D eigenvalue weighted by atomic mass is 79.9. The minimum atomic E-state index is -0.401. The fourth-order valence-electron chi connectivity index (χ4n) is 3.02. The smallest absolute Gasteiger partial charge is 0.341 e. The molecule has 1 aliphatic rings. The molecule has 0 radical (unpaired) electrons. The Bertz CT molecular complexity index is 903. The van der Waals surface area contributed by atoms with E-state index in [1.807, 2.05) is 0 Å². The fraction of sp³-hybridized carbons (Fsp3) is 0.389. The number of nitrogens with one attached hydrogen (secondary N) is 1. The quantitative estimate of drug-likeness (QED) is 0.725. The Morgan fingerprint density at radius 2 is 2.08 bits per heavy atom. The molecule has 8 heteroatoms. The van der Waals surface area contributed by atoms with E-state index in [2.05, 4.69) is 21.2 Å². The molecule has 0 spiro atoms. The van der Waals surface area contributed by atoms with Crippen LogP contribution in [0, 0.1) is 0 Å². The summed E-state index contributed by atoms with van der Waals surface area (Å²) in [6.07, 6.45) is 5.40. The second-order valence-corrected chi connectivity index (χ2v) is 8.02. The number of thiophene rings is 1. The number of halogens is 1.